The smallest absolute Gasteiger partial charge is 0.300 e. The van der Waals surface area contributed by atoms with Crippen molar-refractivity contribution in [2.24, 2.45) is 0 Å². The normalized spacial score (nSPS) is 19.1. The molecule has 1 aliphatic rings. The average Bonchev–Trinajstić information content (AvgIpc) is 2.23. The van der Waals surface area contributed by atoms with Gasteiger partial charge in [0.2, 0.25) is 0 Å². The molecule has 1 heterocycles. The zero-order valence-corrected chi connectivity index (χ0v) is 14.5. The Morgan fingerprint density at radius 1 is 0.737 bits per heavy atom. The van der Waals surface area contributed by atoms with Gasteiger partial charge in [-0.25, -0.2) is 0 Å². The largest absolute Gasteiger partial charge is 1.00 e. The Hall–Kier alpha value is 0.740. The summed E-state index contributed by atoms with van der Waals surface area (Å²) in [4.78, 5) is 3.77. The van der Waals surface area contributed by atoms with Crippen LogP contribution in [0.4, 0.5) is 0 Å². The maximum Gasteiger partial charge on any atom is 1.00 e. The second-order valence-electron chi connectivity index (χ2n) is 4.26. The van der Waals surface area contributed by atoms with Crippen LogP contribution < -0.4 is 29.6 Å². The van der Waals surface area contributed by atoms with Crippen LogP contribution in [0.3, 0.4) is 0 Å². The molecule has 0 bridgehead atoms. The Balaban J connectivity index is 0.00000324. The van der Waals surface area contributed by atoms with Crippen molar-refractivity contribution in [2.75, 3.05) is 50.8 Å². The SMILES string of the molecule is O=S(=O)(O)CCN1CCN(CCS(=O)(=O)O)CC1.[Na+]. The predicted molar refractivity (Wildman–Crippen MR) is 65.7 cm³/mol. The molecule has 0 aromatic rings. The maximum absolute atomic E-state index is 10.6. The molecule has 0 spiro atoms. The Morgan fingerprint density at radius 2 is 1.00 bits per heavy atom. The summed E-state index contributed by atoms with van der Waals surface area (Å²) >= 11 is 0. The summed E-state index contributed by atoms with van der Waals surface area (Å²) in [7, 11) is -7.87. The second kappa shape index (κ2) is 8.25. The van der Waals surface area contributed by atoms with Crippen LogP contribution in [-0.2, 0) is 20.2 Å². The molecule has 0 aromatic heterocycles. The van der Waals surface area contributed by atoms with E-state index in [-0.39, 0.29) is 54.2 Å². The summed E-state index contributed by atoms with van der Waals surface area (Å²) < 4.78 is 59.5. The van der Waals surface area contributed by atoms with Crippen molar-refractivity contribution in [1.29, 1.82) is 0 Å². The Bertz CT molecular complexity index is 414. The van der Waals surface area contributed by atoms with Gasteiger partial charge in [0.1, 0.15) is 0 Å². The van der Waals surface area contributed by atoms with Gasteiger partial charge in [-0.15, -0.1) is 0 Å². The first-order chi connectivity index (χ1) is 8.16. The first-order valence-corrected chi connectivity index (χ1v) is 8.72. The molecule has 0 aromatic carbocycles. The molecule has 19 heavy (non-hydrogen) atoms. The molecule has 0 radical (unpaired) electrons. The molecule has 2 N–H and O–H groups in total. The summed E-state index contributed by atoms with van der Waals surface area (Å²) in [5.41, 5.74) is 0. The number of rotatable bonds is 6. The Morgan fingerprint density at radius 3 is 1.21 bits per heavy atom. The third-order valence-corrected chi connectivity index (χ3v) is 4.19. The van der Waals surface area contributed by atoms with Crippen LogP contribution in [0.25, 0.3) is 0 Å². The number of hydrogen-bond acceptors (Lipinski definition) is 6. The molecule has 1 aliphatic heterocycles. The fourth-order valence-electron chi connectivity index (χ4n) is 1.73. The zero-order chi connectivity index (χ0) is 13.8. The van der Waals surface area contributed by atoms with Gasteiger partial charge in [0.15, 0.2) is 0 Å². The molecular formula is C8H18N2NaO6S2+. The fraction of sp³-hybridized carbons (Fsp3) is 1.00. The standard InChI is InChI=1S/C8H18N2O6S2.Na/c11-17(12,13)7-5-9-1-2-10(4-3-9)6-8-18(14,15)16;/h1-8H2,(H,11,12,13)(H,14,15,16);/q;+1. The van der Waals surface area contributed by atoms with Crippen LogP contribution in [0.15, 0.2) is 0 Å². The topological polar surface area (TPSA) is 115 Å². The molecule has 0 unspecified atom stereocenters. The molecule has 1 saturated heterocycles. The van der Waals surface area contributed by atoms with Gasteiger partial charge in [-0.05, 0) is 0 Å². The molecule has 8 nitrogen and oxygen atoms in total. The predicted octanol–water partition coefficient (Wildman–Crippen LogP) is -4.62. The van der Waals surface area contributed by atoms with E-state index in [1.54, 1.807) is 0 Å². The summed E-state index contributed by atoms with van der Waals surface area (Å²) in [6.07, 6.45) is 0. The van der Waals surface area contributed by atoms with Crippen molar-refractivity contribution in [3.63, 3.8) is 0 Å². The minimum atomic E-state index is -3.93. The minimum absolute atomic E-state index is 0. The Kier molecular flexibility index (Phi) is 8.57. The van der Waals surface area contributed by atoms with Crippen LogP contribution in [0, 0.1) is 0 Å². The first kappa shape index (κ1) is 19.7. The Labute approximate surface area is 135 Å². The van der Waals surface area contributed by atoms with Gasteiger partial charge in [0.05, 0.1) is 11.5 Å². The summed E-state index contributed by atoms with van der Waals surface area (Å²) in [5.74, 6) is -0.587. The van der Waals surface area contributed by atoms with Gasteiger partial charge in [0, 0.05) is 39.3 Å². The fourth-order valence-corrected chi connectivity index (χ4v) is 2.70. The molecule has 11 heteroatoms. The quantitative estimate of drug-likeness (QED) is 0.370. The van der Waals surface area contributed by atoms with E-state index in [1.807, 2.05) is 9.80 Å². The zero-order valence-electron chi connectivity index (χ0n) is 10.9. The molecular weight excluding hydrogens is 307 g/mol. The van der Waals surface area contributed by atoms with E-state index in [0.717, 1.165) is 0 Å². The van der Waals surface area contributed by atoms with Gasteiger partial charge >= 0.3 is 29.6 Å². The van der Waals surface area contributed by atoms with Crippen LogP contribution in [0.2, 0.25) is 0 Å². The summed E-state index contributed by atoms with van der Waals surface area (Å²) in [6, 6.07) is 0. The summed E-state index contributed by atoms with van der Waals surface area (Å²) in [5, 5.41) is 0. The molecule has 1 rings (SSSR count). The average molecular weight is 325 g/mol. The van der Waals surface area contributed by atoms with Crippen LogP contribution in [0.5, 0.6) is 0 Å². The minimum Gasteiger partial charge on any atom is -0.300 e. The van der Waals surface area contributed by atoms with Crippen molar-refractivity contribution >= 4 is 20.2 Å². The van der Waals surface area contributed by atoms with E-state index in [2.05, 4.69) is 0 Å². The number of hydrogen-bond donors (Lipinski definition) is 2. The first-order valence-electron chi connectivity index (χ1n) is 5.51. The molecule has 0 aliphatic carbocycles. The van der Waals surface area contributed by atoms with Crippen molar-refractivity contribution in [2.45, 2.75) is 0 Å². The van der Waals surface area contributed by atoms with E-state index in [0.29, 0.717) is 26.2 Å². The third kappa shape index (κ3) is 10.2. The molecule has 0 saturated carbocycles. The molecule has 108 valence electrons. The van der Waals surface area contributed by atoms with Gasteiger partial charge in [-0.3, -0.25) is 18.9 Å². The number of piperazine rings is 1. The maximum atomic E-state index is 10.6. The van der Waals surface area contributed by atoms with Gasteiger partial charge < -0.3 is 0 Å². The molecule has 1 fully saturated rings. The second-order valence-corrected chi connectivity index (χ2v) is 7.40. The van der Waals surface area contributed by atoms with Gasteiger partial charge in [-0.1, -0.05) is 0 Å². The number of nitrogens with zero attached hydrogens (tertiary/aromatic N) is 2. The van der Waals surface area contributed by atoms with Gasteiger partial charge in [-0.2, -0.15) is 16.8 Å². The van der Waals surface area contributed by atoms with E-state index < -0.39 is 20.2 Å². The van der Waals surface area contributed by atoms with Crippen LogP contribution >= 0.6 is 0 Å². The van der Waals surface area contributed by atoms with E-state index in [4.69, 9.17) is 9.11 Å². The van der Waals surface area contributed by atoms with Crippen molar-refractivity contribution in [3.8, 4) is 0 Å². The van der Waals surface area contributed by atoms with E-state index >= 15 is 0 Å². The van der Waals surface area contributed by atoms with E-state index in [9.17, 15) is 16.8 Å². The molecule has 0 amide bonds. The molecule has 0 atom stereocenters. The van der Waals surface area contributed by atoms with Crippen molar-refractivity contribution in [3.05, 3.63) is 0 Å². The van der Waals surface area contributed by atoms with Crippen molar-refractivity contribution in [1.82, 2.24) is 9.80 Å². The van der Waals surface area contributed by atoms with Crippen molar-refractivity contribution < 1.29 is 55.5 Å². The van der Waals surface area contributed by atoms with Crippen LogP contribution in [-0.4, -0.2) is 86.5 Å². The van der Waals surface area contributed by atoms with Crippen LogP contribution in [0.1, 0.15) is 0 Å². The van der Waals surface area contributed by atoms with Gasteiger partial charge in [0.25, 0.3) is 20.2 Å². The summed E-state index contributed by atoms with van der Waals surface area (Å²) in [6.45, 7) is 2.99. The monoisotopic (exact) mass is 325 g/mol. The third-order valence-electron chi connectivity index (χ3n) is 2.80. The van der Waals surface area contributed by atoms with E-state index in [1.165, 1.54) is 0 Å².